The van der Waals surface area contributed by atoms with Crippen LogP contribution in [-0.4, -0.2) is 37.8 Å². The third-order valence-electron chi connectivity index (χ3n) is 2.61. The summed E-state index contributed by atoms with van der Waals surface area (Å²) in [6.07, 6.45) is 9.10. The zero-order chi connectivity index (χ0) is 10.1. The molecule has 0 spiro atoms. The van der Waals surface area contributed by atoms with Gasteiger partial charge in [0.2, 0.25) is 0 Å². The number of hydrogen-bond acceptors (Lipinski definition) is 3. The molecule has 0 bridgehead atoms. The molecule has 1 rings (SSSR count). The largest absolute Gasteiger partial charge is 0.378 e. The molecule has 84 valence electrons. The zero-order valence-electron chi connectivity index (χ0n) is 9.26. The minimum atomic E-state index is 0.572. The molecule has 1 heterocycles. The van der Waals surface area contributed by atoms with Gasteiger partial charge in [-0.05, 0) is 57.2 Å². The molecule has 0 aromatic heterocycles. The summed E-state index contributed by atoms with van der Waals surface area (Å²) in [5.74, 6) is 1.28. The van der Waals surface area contributed by atoms with Gasteiger partial charge in [-0.3, -0.25) is 0 Å². The fraction of sp³-hybridized carbons (Fsp3) is 1.00. The van der Waals surface area contributed by atoms with Crippen molar-refractivity contribution in [3.05, 3.63) is 0 Å². The molecule has 1 atom stereocenters. The fourth-order valence-electron chi connectivity index (χ4n) is 1.79. The maximum Gasteiger partial charge on any atom is 0.0576 e. The van der Waals surface area contributed by atoms with Crippen molar-refractivity contribution in [2.24, 2.45) is 0 Å². The Bertz CT molecular complexity index is 126. The van der Waals surface area contributed by atoms with E-state index >= 15 is 0 Å². The highest BCUT2D eigenvalue weighted by atomic mass is 32.2. The standard InChI is InChI=1S/C11H23NOS/c1-14-10-4-8-12-7-2-5-11-6-3-9-13-11/h11-12H,2-10H2,1H3. The van der Waals surface area contributed by atoms with Crippen LogP contribution < -0.4 is 5.32 Å². The summed E-state index contributed by atoms with van der Waals surface area (Å²) in [4.78, 5) is 0. The Kier molecular flexibility index (Phi) is 7.55. The molecule has 0 aromatic rings. The molecular formula is C11H23NOS. The minimum absolute atomic E-state index is 0.572. The van der Waals surface area contributed by atoms with Crippen molar-refractivity contribution >= 4 is 11.8 Å². The van der Waals surface area contributed by atoms with Crippen molar-refractivity contribution in [3.8, 4) is 0 Å². The summed E-state index contributed by atoms with van der Waals surface area (Å²) in [6, 6.07) is 0. The first-order valence-corrected chi connectivity index (χ1v) is 7.14. The van der Waals surface area contributed by atoms with Gasteiger partial charge in [0.25, 0.3) is 0 Å². The number of rotatable bonds is 8. The van der Waals surface area contributed by atoms with Crippen molar-refractivity contribution < 1.29 is 4.74 Å². The number of thioether (sulfide) groups is 1. The van der Waals surface area contributed by atoms with Gasteiger partial charge in [-0.1, -0.05) is 0 Å². The van der Waals surface area contributed by atoms with E-state index < -0.39 is 0 Å². The summed E-state index contributed by atoms with van der Waals surface area (Å²) >= 11 is 1.93. The molecule has 0 radical (unpaired) electrons. The molecule has 1 aliphatic rings. The van der Waals surface area contributed by atoms with Gasteiger partial charge in [0.05, 0.1) is 6.10 Å². The average Bonchev–Trinajstić information content (AvgIpc) is 2.69. The second kappa shape index (κ2) is 8.57. The predicted octanol–water partition coefficient (Wildman–Crippen LogP) is 2.29. The second-order valence-corrected chi connectivity index (χ2v) is 4.86. The van der Waals surface area contributed by atoms with E-state index in [1.54, 1.807) is 0 Å². The van der Waals surface area contributed by atoms with Crippen LogP contribution in [-0.2, 0) is 4.74 Å². The first-order chi connectivity index (χ1) is 6.93. The number of nitrogens with one attached hydrogen (secondary N) is 1. The highest BCUT2D eigenvalue weighted by Crippen LogP contribution is 2.16. The highest BCUT2D eigenvalue weighted by molar-refractivity contribution is 7.98. The van der Waals surface area contributed by atoms with E-state index in [1.165, 1.54) is 44.4 Å². The third kappa shape index (κ3) is 5.89. The molecule has 1 aliphatic heterocycles. The molecule has 0 aliphatic carbocycles. The molecule has 1 saturated heterocycles. The van der Waals surface area contributed by atoms with E-state index in [2.05, 4.69) is 11.6 Å². The Balaban J connectivity index is 1.75. The van der Waals surface area contributed by atoms with Crippen LogP contribution >= 0.6 is 11.8 Å². The van der Waals surface area contributed by atoms with Crippen molar-refractivity contribution in [1.29, 1.82) is 0 Å². The molecule has 0 saturated carbocycles. The molecule has 0 amide bonds. The van der Waals surface area contributed by atoms with Gasteiger partial charge in [0.15, 0.2) is 0 Å². The Hall–Kier alpha value is 0.270. The van der Waals surface area contributed by atoms with Crippen molar-refractivity contribution in [1.82, 2.24) is 5.32 Å². The van der Waals surface area contributed by atoms with Gasteiger partial charge in [0.1, 0.15) is 0 Å². The minimum Gasteiger partial charge on any atom is -0.378 e. The Labute approximate surface area is 92.2 Å². The fourth-order valence-corrected chi connectivity index (χ4v) is 2.23. The van der Waals surface area contributed by atoms with Gasteiger partial charge in [0, 0.05) is 6.61 Å². The van der Waals surface area contributed by atoms with Crippen LogP contribution in [0.5, 0.6) is 0 Å². The summed E-state index contributed by atoms with van der Waals surface area (Å²) < 4.78 is 5.57. The Morgan fingerprint density at radius 1 is 1.36 bits per heavy atom. The van der Waals surface area contributed by atoms with Gasteiger partial charge in [-0.2, -0.15) is 11.8 Å². The monoisotopic (exact) mass is 217 g/mol. The normalized spacial score (nSPS) is 21.6. The van der Waals surface area contributed by atoms with E-state index in [0.717, 1.165) is 13.2 Å². The molecule has 3 heteroatoms. The molecule has 1 fully saturated rings. The number of hydrogen-bond donors (Lipinski definition) is 1. The highest BCUT2D eigenvalue weighted by Gasteiger charge is 2.13. The van der Waals surface area contributed by atoms with E-state index in [4.69, 9.17) is 4.74 Å². The van der Waals surface area contributed by atoms with Crippen molar-refractivity contribution in [2.45, 2.75) is 38.2 Å². The van der Waals surface area contributed by atoms with Crippen LogP contribution in [0.15, 0.2) is 0 Å². The zero-order valence-corrected chi connectivity index (χ0v) is 10.1. The lowest BCUT2D eigenvalue weighted by molar-refractivity contribution is 0.102. The maximum atomic E-state index is 5.57. The third-order valence-corrected chi connectivity index (χ3v) is 3.30. The van der Waals surface area contributed by atoms with Crippen molar-refractivity contribution in [2.75, 3.05) is 31.7 Å². The second-order valence-electron chi connectivity index (χ2n) is 3.87. The smallest absolute Gasteiger partial charge is 0.0576 e. The lowest BCUT2D eigenvalue weighted by Gasteiger charge is -2.09. The molecule has 2 nitrogen and oxygen atoms in total. The van der Waals surface area contributed by atoms with Crippen LogP contribution in [0.4, 0.5) is 0 Å². The van der Waals surface area contributed by atoms with Gasteiger partial charge >= 0.3 is 0 Å². The number of ether oxygens (including phenoxy) is 1. The van der Waals surface area contributed by atoms with E-state index in [0.29, 0.717) is 6.10 Å². The van der Waals surface area contributed by atoms with Crippen LogP contribution in [0.3, 0.4) is 0 Å². The molecule has 1 N–H and O–H groups in total. The Morgan fingerprint density at radius 2 is 2.21 bits per heavy atom. The Morgan fingerprint density at radius 3 is 2.93 bits per heavy atom. The van der Waals surface area contributed by atoms with Crippen molar-refractivity contribution in [3.63, 3.8) is 0 Å². The predicted molar refractivity (Wildman–Crippen MR) is 64.1 cm³/mol. The molecule has 14 heavy (non-hydrogen) atoms. The van der Waals surface area contributed by atoms with Crippen LogP contribution in [0, 0.1) is 0 Å². The van der Waals surface area contributed by atoms with Crippen LogP contribution in [0.25, 0.3) is 0 Å². The first kappa shape index (κ1) is 12.3. The lowest BCUT2D eigenvalue weighted by atomic mass is 10.1. The molecule has 0 aromatic carbocycles. The van der Waals surface area contributed by atoms with Gasteiger partial charge in [-0.25, -0.2) is 0 Å². The summed E-state index contributed by atoms with van der Waals surface area (Å²) in [5.41, 5.74) is 0. The van der Waals surface area contributed by atoms with E-state index in [-0.39, 0.29) is 0 Å². The van der Waals surface area contributed by atoms with Gasteiger partial charge < -0.3 is 10.1 Å². The lowest BCUT2D eigenvalue weighted by Crippen LogP contribution is -2.18. The summed E-state index contributed by atoms with van der Waals surface area (Å²) in [5, 5.41) is 3.48. The average molecular weight is 217 g/mol. The summed E-state index contributed by atoms with van der Waals surface area (Å²) in [7, 11) is 0. The van der Waals surface area contributed by atoms with E-state index in [9.17, 15) is 0 Å². The quantitative estimate of drug-likeness (QED) is 0.630. The maximum absolute atomic E-state index is 5.57. The topological polar surface area (TPSA) is 21.3 Å². The molecule has 1 unspecified atom stereocenters. The SMILES string of the molecule is CSCCCNCCCC1CCCO1. The first-order valence-electron chi connectivity index (χ1n) is 5.74. The molecular weight excluding hydrogens is 194 g/mol. The van der Waals surface area contributed by atoms with Crippen LogP contribution in [0.2, 0.25) is 0 Å². The van der Waals surface area contributed by atoms with Gasteiger partial charge in [-0.15, -0.1) is 0 Å². The van der Waals surface area contributed by atoms with E-state index in [1.807, 2.05) is 11.8 Å². The summed E-state index contributed by atoms with van der Waals surface area (Å²) in [6.45, 7) is 3.33. The van der Waals surface area contributed by atoms with Crippen LogP contribution in [0.1, 0.15) is 32.1 Å².